The first-order valence-corrected chi connectivity index (χ1v) is 13.2. The molecule has 2 aromatic rings. The van der Waals surface area contributed by atoms with Gasteiger partial charge in [-0.25, -0.2) is 14.4 Å². The maximum Gasteiger partial charge on any atom is 0.514 e. The van der Waals surface area contributed by atoms with E-state index in [1.165, 1.54) is 36.3 Å². The molecule has 1 unspecified atom stereocenters. The van der Waals surface area contributed by atoms with Crippen molar-refractivity contribution in [3.8, 4) is 11.5 Å². The van der Waals surface area contributed by atoms with Crippen molar-refractivity contribution in [2.45, 2.75) is 77.4 Å². The van der Waals surface area contributed by atoms with Gasteiger partial charge < -0.3 is 28.4 Å². The number of ether oxygens (including phenoxy) is 6. The highest BCUT2D eigenvalue weighted by Crippen LogP contribution is 2.31. The van der Waals surface area contributed by atoms with Crippen LogP contribution in [0.25, 0.3) is 0 Å². The molecule has 0 aliphatic carbocycles. The van der Waals surface area contributed by atoms with Crippen molar-refractivity contribution in [3.05, 3.63) is 64.2 Å². The number of benzene rings is 2. The Labute approximate surface area is 243 Å². The molecule has 1 fully saturated rings. The van der Waals surface area contributed by atoms with Gasteiger partial charge in [-0.15, -0.1) is 0 Å². The minimum atomic E-state index is -1.20. The molecular formula is C29H36N2O11. The molecule has 1 amide bonds. The van der Waals surface area contributed by atoms with Crippen LogP contribution in [0.5, 0.6) is 11.5 Å². The molecule has 3 atom stereocenters. The van der Waals surface area contributed by atoms with E-state index in [9.17, 15) is 24.5 Å². The molecule has 2 aromatic carbocycles. The van der Waals surface area contributed by atoms with Gasteiger partial charge >= 0.3 is 18.4 Å². The van der Waals surface area contributed by atoms with Gasteiger partial charge in [-0.1, -0.05) is 12.1 Å². The Bertz CT molecular complexity index is 1260. The van der Waals surface area contributed by atoms with E-state index in [1.807, 2.05) is 0 Å². The van der Waals surface area contributed by atoms with Gasteiger partial charge in [0.1, 0.15) is 22.7 Å². The largest absolute Gasteiger partial charge is 0.514 e. The van der Waals surface area contributed by atoms with Crippen molar-refractivity contribution in [1.82, 2.24) is 4.90 Å². The smallest absolute Gasteiger partial charge is 0.497 e. The van der Waals surface area contributed by atoms with Crippen LogP contribution < -0.4 is 9.47 Å². The van der Waals surface area contributed by atoms with E-state index < -0.39 is 52.8 Å². The second kappa shape index (κ2) is 13.0. The third kappa shape index (κ3) is 9.25. The minimum Gasteiger partial charge on any atom is -0.497 e. The first-order valence-electron chi connectivity index (χ1n) is 13.2. The molecule has 3 rings (SSSR count). The summed E-state index contributed by atoms with van der Waals surface area (Å²) >= 11 is 0. The van der Waals surface area contributed by atoms with Crippen molar-refractivity contribution in [1.29, 1.82) is 0 Å². The van der Waals surface area contributed by atoms with E-state index in [2.05, 4.69) is 0 Å². The molecule has 0 bridgehead atoms. The van der Waals surface area contributed by atoms with Gasteiger partial charge in [0.2, 0.25) is 0 Å². The molecule has 13 nitrogen and oxygen atoms in total. The molecule has 1 saturated heterocycles. The minimum absolute atomic E-state index is 0.0103. The summed E-state index contributed by atoms with van der Waals surface area (Å²) < 4.78 is 32.6. The second-order valence-electron chi connectivity index (χ2n) is 11.6. The van der Waals surface area contributed by atoms with Crippen molar-refractivity contribution >= 4 is 24.1 Å². The molecule has 1 heterocycles. The van der Waals surface area contributed by atoms with Crippen molar-refractivity contribution in [2.24, 2.45) is 0 Å². The SMILES string of the molecule is COc1ccc(C[C@@H]2C(OC(=O)Oc3ccc([N+](=O)[O-])cc3)[C@@H](OC(=O)OC(C)(C)C)CN2C(=O)OC(C)(C)C)cc1. The summed E-state index contributed by atoms with van der Waals surface area (Å²) in [6, 6.07) is 11.1. The molecule has 0 radical (unpaired) electrons. The molecule has 0 N–H and O–H groups in total. The lowest BCUT2D eigenvalue weighted by Gasteiger charge is -2.30. The summed E-state index contributed by atoms with van der Waals surface area (Å²) in [7, 11) is 1.54. The predicted octanol–water partition coefficient (Wildman–Crippen LogP) is 5.67. The summed E-state index contributed by atoms with van der Waals surface area (Å²) in [4.78, 5) is 50.6. The van der Waals surface area contributed by atoms with Crippen LogP contribution in [-0.2, 0) is 25.4 Å². The number of non-ortho nitro benzene ring substituents is 1. The lowest BCUT2D eigenvalue weighted by atomic mass is 10.0. The van der Waals surface area contributed by atoms with Crippen molar-refractivity contribution < 1.29 is 47.7 Å². The van der Waals surface area contributed by atoms with Gasteiger partial charge in [0, 0.05) is 12.1 Å². The van der Waals surface area contributed by atoms with E-state index >= 15 is 0 Å². The number of amides is 1. The number of nitrogens with zero attached hydrogens (tertiary/aromatic N) is 2. The molecule has 0 saturated carbocycles. The van der Waals surface area contributed by atoms with Crippen LogP contribution in [0.2, 0.25) is 0 Å². The fraction of sp³-hybridized carbons (Fsp3) is 0.483. The number of hydrogen-bond acceptors (Lipinski definition) is 11. The van der Waals surface area contributed by atoms with Gasteiger partial charge in [-0.2, -0.15) is 0 Å². The van der Waals surface area contributed by atoms with Gasteiger partial charge in [0.15, 0.2) is 12.2 Å². The highest BCUT2D eigenvalue weighted by molar-refractivity contribution is 5.70. The Balaban J connectivity index is 1.93. The average molecular weight is 589 g/mol. The zero-order valence-corrected chi connectivity index (χ0v) is 24.7. The number of rotatable bonds is 7. The Morgan fingerprint density at radius 1 is 0.857 bits per heavy atom. The molecular weight excluding hydrogens is 552 g/mol. The number of hydrogen-bond donors (Lipinski definition) is 0. The van der Waals surface area contributed by atoms with Crippen LogP contribution in [0, 0.1) is 10.1 Å². The third-order valence-corrected chi connectivity index (χ3v) is 5.87. The van der Waals surface area contributed by atoms with E-state index in [-0.39, 0.29) is 24.4 Å². The molecule has 42 heavy (non-hydrogen) atoms. The Morgan fingerprint density at radius 3 is 1.95 bits per heavy atom. The Hall–Kier alpha value is -4.55. The van der Waals surface area contributed by atoms with Gasteiger partial charge in [-0.05, 0) is 77.8 Å². The highest BCUT2D eigenvalue weighted by Gasteiger charge is 2.50. The normalized spacial score (nSPS) is 18.5. The molecule has 0 spiro atoms. The van der Waals surface area contributed by atoms with E-state index in [4.69, 9.17) is 28.4 Å². The lowest BCUT2D eigenvalue weighted by Crippen LogP contribution is -2.45. The first-order chi connectivity index (χ1) is 19.5. The summed E-state index contributed by atoms with van der Waals surface area (Å²) in [5.74, 6) is 0.615. The van der Waals surface area contributed by atoms with Gasteiger partial charge in [0.05, 0.1) is 24.6 Å². The predicted molar refractivity (Wildman–Crippen MR) is 149 cm³/mol. The van der Waals surface area contributed by atoms with Crippen molar-refractivity contribution in [2.75, 3.05) is 13.7 Å². The van der Waals surface area contributed by atoms with E-state index in [0.717, 1.165) is 5.56 Å². The standard InChI is InChI=1S/C29H36N2O11/c1-28(2,3)41-25(32)30-17-23(39-27(34)42-29(4,5)6)24(22(30)16-18-8-12-20(37-7)13-9-18)40-26(33)38-21-14-10-19(11-15-21)31(35)36/h8-15,22-24H,16-17H2,1-7H3/t22-,23+,24?/m1/s1. The maximum atomic E-state index is 13.3. The summed E-state index contributed by atoms with van der Waals surface area (Å²) in [5, 5.41) is 10.9. The number of likely N-dealkylation sites (tertiary alicyclic amines) is 1. The first kappa shape index (κ1) is 32.0. The zero-order valence-electron chi connectivity index (χ0n) is 24.7. The van der Waals surface area contributed by atoms with Crippen LogP contribution in [0.4, 0.5) is 20.1 Å². The van der Waals surface area contributed by atoms with Crippen LogP contribution in [0.15, 0.2) is 48.5 Å². The second-order valence-corrected chi connectivity index (χ2v) is 11.6. The number of carbonyl (C=O) groups excluding carboxylic acids is 3. The maximum absolute atomic E-state index is 13.3. The zero-order chi connectivity index (χ0) is 31.2. The van der Waals surface area contributed by atoms with E-state index in [1.54, 1.807) is 65.8 Å². The Morgan fingerprint density at radius 2 is 1.43 bits per heavy atom. The highest BCUT2D eigenvalue weighted by atomic mass is 16.8. The summed E-state index contributed by atoms with van der Waals surface area (Å²) in [6.07, 6.45) is -5.03. The number of nitro groups is 1. The molecule has 1 aliphatic heterocycles. The topological polar surface area (TPSA) is 153 Å². The van der Waals surface area contributed by atoms with Gasteiger partial charge in [0.25, 0.3) is 5.69 Å². The molecule has 228 valence electrons. The molecule has 0 aromatic heterocycles. The summed E-state index contributed by atoms with van der Waals surface area (Å²) in [6.45, 7) is 9.97. The fourth-order valence-corrected chi connectivity index (χ4v) is 4.14. The van der Waals surface area contributed by atoms with Crippen LogP contribution >= 0.6 is 0 Å². The van der Waals surface area contributed by atoms with Crippen LogP contribution in [0.3, 0.4) is 0 Å². The third-order valence-electron chi connectivity index (χ3n) is 5.87. The number of carbonyl (C=O) groups is 3. The molecule has 13 heteroatoms. The van der Waals surface area contributed by atoms with Gasteiger partial charge in [-0.3, -0.25) is 15.0 Å². The summed E-state index contributed by atoms with van der Waals surface area (Å²) in [5.41, 5.74) is -1.12. The molecule has 1 aliphatic rings. The van der Waals surface area contributed by atoms with Crippen LogP contribution in [-0.4, -0.2) is 71.3 Å². The van der Waals surface area contributed by atoms with Crippen LogP contribution in [0.1, 0.15) is 47.1 Å². The lowest BCUT2D eigenvalue weighted by molar-refractivity contribution is -0.384. The Kier molecular flexibility index (Phi) is 9.87. The average Bonchev–Trinajstić information content (AvgIpc) is 3.18. The van der Waals surface area contributed by atoms with E-state index in [0.29, 0.717) is 5.75 Å². The monoisotopic (exact) mass is 588 g/mol. The number of methoxy groups -OCH3 is 1. The van der Waals surface area contributed by atoms with Crippen molar-refractivity contribution in [3.63, 3.8) is 0 Å². The number of nitro benzene ring substituents is 1. The quantitative estimate of drug-likeness (QED) is 0.129. The fourth-order valence-electron chi connectivity index (χ4n) is 4.14.